The molecule has 0 amide bonds. The molecule has 277 valence electrons. The number of anilines is 1. The predicted octanol–water partition coefficient (Wildman–Crippen LogP) is -3.20. The third kappa shape index (κ3) is 13.6. The molecule has 1 aromatic heterocycles. The fourth-order valence-corrected chi connectivity index (χ4v) is 6.54. The summed E-state index contributed by atoms with van der Waals surface area (Å²) in [6.07, 6.45) is 0. The minimum atomic E-state index is -5.01. The fraction of sp³-hybridized carbons (Fsp3) is 0.0741. The average Bonchev–Trinajstić information content (AvgIpc) is 3.02. The van der Waals surface area contributed by atoms with Crippen LogP contribution in [0.4, 0.5) is 22.7 Å². The topological polar surface area (TPSA) is 304 Å². The molecule has 4 aromatic carbocycles. The SMILES string of the molecule is O=S(=O)(O)c1ccc(S(=O)(=O)O)c(N=NCc2ccc(O)c(N=Nc3c(S(=O)(=O)O)cc4cc(NCc5nc(Cl)nc(Cl)n5)ccc4c3O)c2)c1.[Cu].[Na+].[Na+].[Na+]. The number of hydrogen-bond donors (Lipinski definition) is 6. The van der Waals surface area contributed by atoms with Gasteiger partial charge in [0.1, 0.15) is 32.6 Å². The normalized spacial score (nSPS) is 11.7. The standard InChI is InChI=1S/C27H20Cl2N8O11S3.Cu.3Na/c28-26-32-23(33-27(29)34-26)12-30-15-2-4-17-14(8-15)9-22(51(46,47)48)24(25(17)39)37-36-18-7-13(1-5-20(18)38)11-31-35-19-10-16(49(40,41)42)3-6-21(19)50(43,44)45;;;;/h1-10,30,38-39H,11-12H2,(H,40,41,42)(H,43,44,45)(H,46,47,48);;;;/q;;3*+1. The molecule has 0 aliphatic heterocycles. The summed E-state index contributed by atoms with van der Waals surface area (Å²) in [4.78, 5) is 9.17. The van der Waals surface area contributed by atoms with E-state index in [2.05, 4.69) is 40.7 Å². The van der Waals surface area contributed by atoms with Crippen molar-refractivity contribution < 1.29 is 155 Å². The summed E-state index contributed by atoms with van der Waals surface area (Å²) in [7, 11) is -14.6. The molecule has 0 aliphatic rings. The maximum Gasteiger partial charge on any atom is 1.00 e. The Kier molecular flexibility index (Phi) is 19.7. The summed E-state index contributed by atoms with van der Waals surface area (Å²) in [5, 5.41) is 39.4. The molecule has 5 aromatic rings. The predicted molar refractivity (Wildman–Crippen MR) is 179 cm³/mol. The molecule has 0 fully saturated rings. The summed E-state index contributed by atoms with van der Waals surface area (Å²) in [6.45, 7) is -0.307. The first-order valence-corrected chi connectivity index (χ1v) is 18.6. The monoisotopic (exact) mass is 930 g/mol. The Labute approximate surface area is 399 Å². The molecule has 55 heavy (non-hydrogen) atoms. The molecule has 0 aliphatic carbocycles. The van der Waals surface area contributed by atoms with Crippen LogP contribution in [0.5, 0.6) is 11.5 Å². The molecule has 5 rings (SSSR count). The second-order valence-corrected chi connectivity index (χ2v) is 15.0. The number of phenols is 2. The number of nitrogens with zero attached hydrogens (tertiary/aromatic N) is 7. The van der Waals surface area contributed by atoms with Crippen LogP contribution in [0.3, 0.4) is 0 Å². The number of hydrogen-bond acceptors (Lipinski definition) is 16. The van der Waals surface area contributed by atoms with Crippen molar-refractivity contribution in [2.24, 2.45) is 20.5 Å². The number of phenolic OH excluding ortho intramolecular Hbond substituents is 2. The van der Waals surface area contributed by atoms with Gasteiger partial charge >= 0.3 is 88.7 Å². The first-order chi connectivity index (χ1) is 23.8. The van der Waals surface area contributed by atoms with E-state index in [4.69, 9.17) is 23.2 Å². The van der Waals surface area contributed by atoms with Gasteiger partial charge < -0.3 is 15.5 Å². The Hall–Kier alpha value is -1.42. The number of azo groups is 2. The van der Waals surface area contributed by atoms with E-state index in [1.165, 1.54) is 30.3 Å². The van der Waals surface area contributed by atoms with Crippen molar-refractivity contribution in [3.63, 3.8) is 0 Å². The van der Waals surface area contributed by atoms with Gasteiger partial charge in [-0.2, -0.15) is 40.5 Å². The summed E-state index contributed by atoms with van der Waals surface area (Å²) in [5.41, 5.74) is -0.875. The van der Waals surface area contributed by atoms with Crippen molar-refractivity contribution >= 4 is 87.1 Å². The van der Waals surface area contributed by atoms with Crippen LogP contribution in [-0.4, -0.2) is 64.1 Å². The van der Waals surface area contributed by atoms with E-state index < -0.39 is 67.9 Å². The summed E-state index contributed by atoms with van der Waals surface area (Å²) in [6, 6.07) is 11.3. The summed E-state index contributed by atoms with van der Waals surface area (Å²) >= 11 is 11.6. The minimum absolute atomic E-state index is 0. The van der Waals surface area contributed by atoms with Crippen LogP contribution in [0.2, 0.25) is 10.6 Å². The Bertz CT molecular complexity index is 2610. The van der Waals surface area contributed by atoms with Gasteiger partial charge in [0.05, 0.1) is 18.0 Å². The molecule has 0 bridgehead atoms. The minimum Gasteiger partial charge on any atom is -0.506 e. The maximum absolute atomic E-state index is 12.3. The van der Waals surface area contributed by atoms with Crippen molar-refractivity contribution in [2.75, 3.05) is 5.32 Å². The van der Waals surface area contributed by atoms with Crippen molar-refractivity contribution in [2.45, 2.75) is 27.8 Å². The number of benzene rings is 4. The third-order valence-electron chi connectivity index (χ3n) is 6.64. The van der Waals surface area contributed by atoms with Crippen molar-refractivity contribution in [3.05, 3.63) is 82.6 Å². The van der Waals surface area contributed by atoms with Gasteiger partial charge in [-0.3, -0.25) is 13.7 Å². The zero-order valence-electron chi connectivity index (χ0n) is 28.3. The summed E-state index contributed by atoms with van der Waals surface area (Å²) in [5.74, 6) is -0.943. The Morgan fingerprint density at radius 3 is 1.91 bits per heavy atom. The Balaban J connectivity index is 0.00000378. The van der Waals surface area contributed by atoms with E-state index in [1.807, 2.05) is 0 Å². The molecule has 1 radical (unpaired) electrons. The zero-order chi connectivity index (χ0) is 37.3. The average molecular weight is 932 g/mol. The van der Waals surface area contributed by atoms with E-state index in [-0.39, 0.29) is 157 Å². The van der Waals surface area contributed by atoms with Crippen LogP contribution in [0.25, 0.3) is 10.8 Å². The largest absolute Gasteiger partial charge is 1.00 e. The molecular weight excluding hydrogens is 912 g/mol. The first-order valence-electron chi connectivity index (χ1n) is 13.6. The van der Waals surface area contributed by atoms with Crippen molar-refractivity contribution in [3.8, 4) is 11.5 Å². The van der Waals surface area contributed by atoms with Gasteiger partial charge in [0.25, 0.3) is 30.4 Å². The maximum atomic E-state index is 12.3. The number of nitrogens with one attached hydrogen (secondary N) is 1. The molecule has 0 unspecified atom stereocenters. The van der Waals surface area contributed by atoms with Crippen LogP contribution in [0.15, 0.2) is 95.8 Å². The van der Waals surface area contributed by atoms with E-state index >= 15 is 0 Å². The second-order valence-electron chi connectivity index (χ2n) is 10.1. The molecular formula is C27H20Cl2CuN8Na3O11S3+3. The number of rotatable bonds is 11. The molecule has 6 N–H and O–H groups in total. The molecule has 0 atom stereocenters. The van der Waals surface area contributed by atoms with E-state index in [9.17, 15) is 49.1 Å². The van der Waals surface area contributed by atoms with Gasteiger partial charge in [0.2, 0.25) is 10.6 Å². The molecule has 19 nitrogen and oxygen atoms in total. The molecule has 0 saturated heterocycles. The van der Waals surface area contributed by atoms with Crippen LogP contribution in [0.1, 0.15) is 11.4 Å². The van der Waals surface area contributed by atoms with Crippen molar-refractivity contribution in [1.29, 1.82) is 0 Å². The molecule has 28 heteroatoms. The van der Waals surface area contributed by atoms with Gasteiger partial charge in [-0.05, 0) is 88.7 Å². The van der Waals surface area contributed by atoms with E-state index in [0.717, 1.165) is 18.2 Å². The number of halogens is 2. The second kappa shape index (κ2) is 21.0. The van der Waals surface area contributed by atoms with Crippen molar-refractivity contribution in [1.82, 2.24) is 15.0 Å². The van der Waals surface area contributed by atoms with Crippen LogP contribution in [-0.2, 0) is 60.5 Å². The molecule has 0 spiro atoms. The Morgan fingerprint density at radius 1 is 0.673 bits per heavy atom. The zero-order valence-corrected chi connectivity index (χ0v) is 39.2. The molecule has 1 heterocycles. The van der Waals surface area contributed by atoms with Gasteiger partial charge in [-0.1, -0.05) is 6.07 Å². The van der Waals surface area contributed by atoms with Crippen LogP contribution < -0.4 is 94.0 Å². The third-order valence-corrected chi connectivity index (χ3v) is 9.60. The van der Waals surface area contributed by atoms with Gasteiger partial charge in [0.15, 0.2) is 11.6 Å². The first kappa shape index (κ1) is 51.6. The fourth-order valence-electron chi connectivity index (χ4n) is 4.38. The smallest absolute Gasteiger partial charge is 0.506 e. The Morgan fingerprint density at radius 2 is 1.31 bits per heavy atom. The van der Waals surface area contributed by atoms with Gasteiger partial charge in [0, 0.05) is 28.1 Å². The van der Waals surface area contributed by atoms with E-state index in [0.29, 0.717) is 17.8 Å². The van der Waals surface area contributed by atoms with Gasteiger partial charge in [-0.25, -0.2) is 9.97 Å². The molecule has 0 saturated carbocycles. The number of aromatic hydroxyl groups is 2. The van der Waals surface area contributed by atoms with Crippen LogP contribution >= 0.6 is 23.2 Å². The van der Waals surface area contributed by atoms with Gasteiger partial charge in [-0.15, -0.1) is 10.2 Å². The summed E-state index contributed by atoms with van der Waals surface area (Å²) < 4.78 is 99.8. The van der Waals surface area contributed by atoms with Crippen LogP contribution in [0, 0.1) is 0 Å². The number of fused-ring (bicyclic) bond motifs is 1. The number of aromatic nitrogens is 3. The van der Waals surface area contributed by atoms with E-state index in [1.54, 1.807) is 0 Å². The quantitative estimate of drug-likeness (QED) is 0.0432.